The largest absolute Gasteiger partial charge is 0.139 e. The van der Waals surface area contributed by atoms with Crippen LogP contribution in [0.5, 0.6) is 0 Å². The molecule has 0 spiro atoms. The zero-order valence-electron chi connectivity index (χ0n) is 4.15. The van der Waals surface area contributed by atoms with E-state index < -0.39 is 0 Å². The van der Waals surface area contributed by atoms with Crippen LogP contribution in [0.15, 0.2) is 39.9 Å². The maximum atomic E-state index is 3.49. The van der Waals surface area contributed by atoms with E-state index in [2.05, 4.69) is 21.7 Å². The van der Waals surface area contributed by atoms with Gasteiger partial charge in [-0.1, -0.05) is 6.08 Å². The van der Waals surface area contributed by atoms with Gasteiger partial charge in [-0.15, -0.1) is 10.2 Å². The smallest absolute Gasteiger partial charge is 0.115 e. The summed E-state index contributed by atoms with van der Waals surface area (Å²) in [7, 11) is 0. The van der Waals surface area contributed by atoms with Gasteiger partial charge >= 0.3 is 0 Å². The van der Waals surface area contributed by atoms with Gasteiger partial charge in [0.2, 0.25) is 0 Å². The molecule has 1 aliphatic heterocycles. The lowest BCUT2D eigenvalue weighted by atomic mass is 10.5. The van der Waals surface area contributed by atoms with Gasteiger partial charge in [-0.3, -0.25) is 0 Å². The number of hydrogen-bond donors (Lipinski definition) is 0. The Labute approximate surface area is 47.1 Å². The van der Waals surface area contributed by atoms with Crippen molar-refractivity contribution in [2.75, 3.05) is 0 Å². The number of allylic oxidation sites excluding steroid dienone is 3. The fourth-order valence-corrected chi connectivity index (χ4v) is 0.302. The van der Waals surface area contributed by atoms with Gasteiger partial charge in [0.1, 0.15) is 6.21 Å². The Bertz CT molecular complexity index is 109. The van der Waals surface area contributed by atoms with Crippen LogP contribution in [0.2, 0.25) is 0 Å². The summed E-state index contributed by atoms with van der Waals surface area (Å²) in [6, 6.07) is 0. The number of rotatable bonds is 0. The fraction of sp³-hybridized carbons (Fsp3) is 0. The third-order valence-corrected chi connectivity index (χ3v) is 0.589. The van der Waals surface area contributed by atoms with Crippen LogP contribution in [0.1, 0.15) is 0 Å². The van der Waals surface area contributed by atoms with E-state index in [9.17, 15) is 0 Å². The fourth-order valence-electron chi connectivity index (χ4n) is 0.302. The van der Waals surface area contributed by atoms with Crippen LogP contribution in [0.3, 0.4) is 0 Å². The first-order valence-corrected chi connectivity index (χ1v) is 2.17. The van der Waals surface area contributed by atoms with Crippen molar-refractivity contribution in [2.45, 2.75) is 0 Å². The minimum Gasteiger partial charge on any atom is -0.139 e. The van der Waals surface area contributed by atoms with E-state index in [1.54, 1.807) is 24.4 Å². The molecule has 0 amide bonds. The van der Waals surface area contributed by atoms with Gasteiger partial charge in [0, 0.05) is 0 Å². The molecule has 8 heavy (non-hydrogen) atoms. The van der Waals surface area contributed by atoms with Crippen molar-refractivity contribution >= 4 is 6.21 Å². The van der Waals surface area contributed by atoms with Crippen molar-refractivity contribution in [1.82, 2.24) is 0 Å². The third-order valence-electron chi connectivity index (χ3n) is 0.589. The summed E-state index contributed by atoms with van der Waals surface area (Å²) in [4.78, 5) is 0. The molecule has 3 heteroatoms. The SMILES string of the molecule is [C]1=NN=NC=CC=C1. The molecule has 0 aromatic carbocycles. The number of nitrogens with zero attached hydrogens (tertiary/aromatic N) is 3. The summed E-state index contributed by atoms with van der Waals surface area (Å²) in [6.07, 6.45) is 9.27. The maximum Gasteiger partial charge on any atom is 0.115 e. The zero-order chi connectivity index (χ0) is 5.66. The molecular weight excluding hydrogens is 102 g/mol. The average Bonchev–Trinajstić information content (AvgIpc) is 1.62. The standard InChI is InChI=1S/C5H4N3/c1-2-4-6-8-7-5-3-1/h1-4H. The van der Waals surface area contributed by atoms with Crippen LogP contribution in [0, 0.1) is 0 Å². The Hall–Kier alpha value is -1.25. The normalized spacial score (nSPS) is 16.0. The highest BCUT2D eigenvalue weighted by Crippen LogP contribution is 1.84. The summed E-state index contributed by atoms with van der Waals surface area (Å²) in [5.41, 5.74) is 0. The first kappa shape index (κ1) is 4.90. The predicted molar refractivity (Wildman–Crippen MR) is 30.6 cm³/mol. The summed E-state index contributed by atoms with van der Waals surface area (Å²) in [6.45, 7) is 0. The third kappa shape index (κ3) is 1.47. The highest BCUT2D eigenvalue weighted by Gasteiger charge is 1.68. The van der Waals surface area contributed by atoms with Gasteiger partial charge < -0.3 is 0 Å². The van der Waals surface area contributed by atoms with E-state index in [-0.39, 0.29) is 0 Å². The molecule has 39 valence electrons. The lowest BCUT2D eigenvalue weighted by Gasteiger charge is -1.74. The lowest BCUT2D eigenvalue weighted by Crippen LogP contribution is -1.62. The molecule has 0 saturated carbocycles. The molecule has 0 N–H and O–H groups in total. The second kappa shape index (κ2) is 2.85. The zero-order valence-corrected chi connectivity index (χ0v) is 4.15. The van der Waals surface area contributed by atoms with Crippen molar-refractivity contribution in [2.24, 2.45) is 15.4 Å². The molecule has 3 nitrogen and oxygen atoms in total. The molecule has 1 rings (SSSR count). The maximum absolute atomic E-state index is 3.49. The van der Waals surface area contributed by atoms with E-state index in [1.165, 1.54) is 0 Å². The van der Waals surface area contributed by atoms with Crippen LogP contribution in [-0.4, -0.2) is 6.21 Å². The summed E-state index contributed by atoms with van der Waals surface area (Å²) >= 11 is 0. The molecule has 0 fully saturated rings. The van der Waals surface area contributed by atoms with Crippen LogP contribution in [0.25, 0.3) is 0 Å². The van der Waals surface area contributed by atoms with Crippen molar-refractivity contribution in [3.8, 4) is 0 Å². The Morgan fingerprint density at radius 1 is 1.25 bits per heavy atom. The summed E-state index contributed by atoms with van der Waals surface area (Å²) in [5.74, 6) is 0. The Morgan fingerprint density at radius 3 is 3.25 bits per heavy atom. The molecular formula is C5H4N3. The second-order valence-corrected chi connectivity index (χ2v) is 1.13. The van der Waals surface area contributed by atoms with Crippen molar-refractivity contribution in [3.05, 3.63) is 24.4 Å². The molecule has 0 atom stereocenters. The highest BCUT2D eigenvalue weighted by atomic mass is 15.3. The quantitative estimate of drug-likeness (QED) is 0.447. The molecule has 0 saturated heterocycles. The van der Waals surface area contributed by atoms with Crippen LogP contribution >= 0.6 is 0 Å². The van der Waals surface area contributed by atoms with Crippen molar-refractivity contribution in [3.63, 3.8) is 0 Å². The molecule has 0 aliphatic carbocycles. The Kier molecular flexibility index (Phi) is 1.74. The predicted octanol–water partition coefficient (Wildman–Crippen LogP) is 1.38. The van der Waals surface area contributed by atoms with Gasteiger partial charge in [-0.25, -0.2) is 0 Å². The van der Waals surface area contributed by atoms with Gasteiger partial charge in [-0.05, 0) is 17.4 Å². The molecule has 1 heterocycles. The van der Waals surface area contributed by atoms with E-state index in [0.717, 1.165) is 0 Å². The summed E-state index contributed by atoms with van der Waals surface area (Å²) < 4.78 is 0. The van der Waals surface area contributed by atoms with E-state index in [4.69, 9.17) is 0 Å². The first-order valence-electron chi connectivity index (χ1n) is 2.17. The second-order valence-electron chi connectivity index (χ2n) is 1.13. The van der Waals surface area contributed by atoms with Gasteiger partial charge in [0.15, 0.2) is 0 Å². The number of hydrogen-bond acceptors (Lipinski definition) is 3. The van der Waals surface area contributed by atoms with E-state index in [0.29, 0.717) is 0 Å². The highest BCUT2D eigenvalue weighted by molar-refractivity contribution is 5.71. The van der Waals surface area contributed by atoms with Crippen LogP contribution in [0.4, 0.5) is 0 Å². The molecule has 0 unspecified atom stereocenters. The topological polar surface area (TPSA) is 37.1 Å². The molecule has 0 aromatic heterocycles. The Balaban J connectivity index is 2.67. The van der Waals surface area contributed by atoms with Gasteiger partial charge in [-0.2, -0.15) is 0 Å². The molecule has 0 aromatic rings. The lowest BCUT2D eigenvalue weighted by molar-refractivity contribution is 1.06. The van der Waals surface area contributed by atoms with Gasteiger partial charge in [0.05, 0.1) is 6.20 Å². The van der Waals surface area contributed by atoms with Crippen LogP contribution < -0.4 is 0 Å². The monoisotopic (exact) mass is 106 g/mol. The minimum atomic E-state index is 1.56. The van der Waals surface area contributed by atoms with Gasteiger partial charge in [0.25, 0.3) is 0 Å². The molecule has 1 aliphatic rings. The van der Waals surface area contributed by atoms with E-state index in [1.807, 2.05) is 0 Å². The minimum absolute atomic E-state index is 1.56. The average molecular weight is 106 g/mol. The molecule has 0 bridgehead atoms. The van der Waals surface area contributed by atoms with Crippen molar-refractivity contribution in [1.29, 1.82) is 0 Å². The van der Waals surface area contributed by atoms with Crippen LogP contribution in [-0.2, 0) is 0 Å². The molecule has 1 radical (unpaired) electrons. The summed E-state index contributed by atoms with van der Waals surface area (Å²) in [5, 5.41) is 10.2. The Morgan fingerprint density at radius 2 is 2.25 bits per heavy atom. The first-order chi connectivity index (χ1) is 4.00. The van der Waals surface area contributed by atoms with Crippen molar-refractivity contribution < 1.29 is 0 Å². The van der Waals surface area contributed by atoms with E-state index >= 15 is 0 Å².